The fourth-order valence-corrected chi connectivity index (χ4v) is 3.92. The van der Waals surface area contributed by atoms with Crippen LogP contribution in [0.15, 0.2) is 54.6 Å². The van der Waals surface area contributed by atoms with Crippen LogP contribution < -0.4 is 0 Å². The zero-order chi connectivity index (χ0) is 26.6. The molecule has 0 aliphatic carbocycles. The Morgan fingerprint density at radius 2 is 0.800 bits per heavy atom. The second-order valence-electron chi connectivity index (χ2n) is 7.11. The normalized spacial score (nSPS) is 13.3. The highest BCUT2D eigenvalue weighted by Gasteiger charge is 2.47. The zero-order valence-corrected chi connectivity index (χ0v) is 17.4. The Hall–Kier alpha value is -2.89. The molecule has 0 saturated heterocycles. The van der Waals surface area contributed by atoms with E-state index in [1.807, 2.05) is 0 Å². The Labute approximate surface area is 193 Å². The largest absolute Gasteiger partial charge is 0.417 e. The first-order valence-electron chi connectivity index (χ1n) is 9.19. The molecule has 35 heavy (non-hydrogen) atoms. The Balaban J connectivity index is 2.52. The van der Waals surface area contributed by atoms with Crippen molar-refractivity contribution in [1.29, 1.82) is 0 Å². The van der Waals surface area contributed by atoms with Gasteiger partial charge in [-0.3, -0.25) is 0 Å². The van der Waals surface area contributed by atoms with Gasteiger partial charge in [0.2, 0.25) is 0 Å². The SMILES string of the molecule is FC(F)(F)c1cccc(-c2cccc(Cl)c2-c2cccc(C(F)(F)F)c2C(F)(F)F)c1C(F)(F)F. The Morgan fingerprint density at radius 3 is 1.23 bits per heavy atom. The van der Waals surface area contributed by atoms with Crippen molar-refractivity contribution in [2.24, 2.45) is 0 Å². The van der Waals surface area contributed by atoms with Crippen molar-refractivity contribution in [1.82, 2.24) is 0 Å². The summed E-state index contributed by atoms with van der Waals surface area (Å²) in [7, 11) is 0. The first-order chi connectivity index (χ1) is 15.8. The highest BCUT2D eigenvalue weighted by atomic mass is 35.5. The van der Waals surface area contributed by atoms with Crippen LogP contribution in [0.2, 0.25) is 5.02 Å². The van der Waals surface area contributed by atoms with E-state index in [1.54, 1.807) is 0 Å². The summed E-state index contributed by atoms with van der Waals surface area (Å²) in [6.07, 6.45) is -22.3. The number of hydrogen-bond donors (Lipinski definition) is 0. The standard InChI is InChI=1S/C22H9ClF12/c23-15-9-3-4-10(11-5-1-7-13(19(24,25)26)17(11)21(30,31)32)16(15)12-6-2-8-14(20(27,28)29)18(12)22(33,34)35/h1-9H. The van der Waals surface area contributed by atoms with Crippen LogP contribution in [0.4, 0.5) is 52.7 Å². The summed E-state index contributed by atoms with van der Waals surface area (Å²) in [6, 6.07) is 5.11. The molecule has 0 unspecified atom stereocenters. The highest BCUT2D eigenvalue weighted by Crippen LogP contribution is 2.51. The second kappa shape index (κ2) is 8.65. The smallest absolute Gasteiger partial charge is 0.166 e. The molecule has 0 aliphatic heterocycles. The fraction of sp³-hybridized carbons (Fsp3) is 0.182. The second-order valence-corrected chi connectivity index (χ2v) is 7.52. The van der Waals surface area contributed by atoms with Gasteiger partial charge in [-0.1, -0.05) is 48.0 Å². The van der Waals surface area contributed by atoms with Gasteiger partial charge >= 0.3 is 24.7 Å². The summed E-state index contributed by atoms with van der Waals surface area (Å²) in [5, 5.41) is -0.710. The molecular formula is C22H9ClF12. The average molecular weight is 537 g/mol. The summed E-state index contributed by atoms with van der Waals surface area (Å²) < 4.78 is 163. The molecule has 0 aliphatic rings. The predicted molar refractivity (Wildman–Crippen MR) is 102 cm³/mol. The third-order valence-corrected chi connectivity index (χ3v) is 5.19. The average Bonchev–Trinajstić information content (AvgIpc) is 2.70. The number of benzene rings is 3. The Morgan fingerprint density at radius 1 is 0.429 bits per heavy atom. The summed E-state index contributed by atoms with van der Waals surface area (Å²) in [6.45, 7) is 0. The Bertz CT molecular complexity index is 1250. The van der Waals surface area contributed by atoms with E-state index >= 15 is 0 Å². The van der Waals surface area contributed by atoms with Gasteiger partial charge in [-0.2, -0.15) is 52.7 Å². The minimum atomic E-state index is -5.65. The van der Waals surface area contributed by atoms with Gasteiger partial charge in [0, 0.05) is 10.6 Å². The van der Waals surface area contributed by atoms with Gasteiger partial charge in [0.15, 0.2) is 0 Å². The predicted octanol–water partition coefficient (Wildman–Crippen LogP) is 9.75. The molecule has 0 N–H and O–H groups in total. The summed E-state index contributed by atoms with van der Waals surface area (Å²) in [5.74, 6) is 0. The summed E-state index contributed by atoms with van der Waals surface area (Å²) in [5.41, 5.74) is -13.0. The third kappa shape index (κ3) is 5.21. The molecule has 0 saturated carbocycles. The first kappa shape index (κ1) is 26.7. The lowest BCUT2D eigenvalue weighted by molar-refractivity contribution is -0.161. The quantitative estimate of drug-likeness (QED) is 0.286. The van der Waals surface area contributed by atoms with Crippen molar-refractivity contribution in [3.8, 4) is 22.3 Å². The topological polar surface area (TPSA) is 0 Å². The minimum Gasteiger partial charge on any atom is -0.166 e. The molecule has 0 spiro atoms. The fourth-order valence-electron chi connectivity index (χ4n) is 3.64. The summed E-state index contributed by atoms with van der Waals surface area (Å²) >= 11 is 5.95. The number of alkyl halides is 12. The molecule has 0 nitrogen and oxygen atoms in total. The van der Waals surface area contributed by atoms with Crippen LogP contribution in [-0.4, -0.2) is 0 Å². The van der Waals surface area contributed by atoms with Crippen molar-refractivity contribution in [3.63, 3.8) is 0 Å². The van der Waals surface area contributed by atoms with E-state index in [2.05, 4.69) is 0 Å². The van der Waals surface area contributed by atoms with Crippen molar-refractivity contribution in [2.75, 3.05) is 0 Å². The van der Waals surface area contributed by atoms with Crippen LogP contribution in [0.25, 0.3) is 22.3 Å². The molecule has 188 valence electrons. The molecule has 0 atom stereocenters. The number of halogens is 13. The monoisotopic (exact) mass is 536 g/mol. The molecule has 3 rings (SSSR count). The van der Waals surface area contributed by atoms with Gasteiger partial charge in [-0.15, -0.1) is 0 Å². The van der Waals surface area contributed by atoms with E-state index in [0.29, 0.717) is 24.3 Å². The molecule has 0 aromatic heterocycles. The van der Waals surface area contributed by atoms with E-state index in [4.69, 9.17) is 11.6 Å². The van der Waals surface area contributed by atoms with Crippen LogP contribution in [-0.2, 0) is 24.7 Å². The molecule has 0 radical (unpaired) electrons. The van der Waals surface area contributed by atoms with E-state index in [1.165, 1.54) is 0 Å². The highest BCUT2D eigenvalue weighted by molar-refractivity contribution is 6.34. The molecule has 0 heterocycles. The van der Waals surface area contributed by atoms with Gasteiger partial charge in [0.05, 0.1) is 22.3 Å². The molecule has 13 heteroatoms. The zero-order valence-electron chi connectivity index (χ0n) is 16.6. The molecule has 0 amide bonds. The lowest BCUT2D eigenvalue weighted by Gasteiger charge is -2.24. The van der Waals surface area contributed by atoms with Crippen LogP contribution in [0.5, 0.6) is 0 Å². The van der Waals surface area contributed by atoms with E-state index < -0.39 is 74.2 Å². The van der Waals surface area contributed by atoms with Gasteiger partial charge in [-0.05, 0) is 34.9 Å². The van der Waals surface area contributed by atoms with Gasteiger partial charge in [0.25, 0.3) is 0 Å². The van der Waals surface area contributed by atoms with Crippen LogP contribution in [0, 0.1) is 0 Å². The van der Waals surface area contributed by atoms with Crippen molar-refractivity contribution < 1.29 is 52.7 Å². The summed E-state index contributed by atoms with van der Waals surface area (Å²) in [4.78, 5) is 0. The van der Waals surface area contributed by atoms with Crippen LogP contribution in [0.3, 0.4) is 0 Å². The van der Waals surface area contributed by atoms with Gasteiger partial charge in [0.1, 0.15) is 0 Å². The van der Waals surface area contributed by atoms with Crippen molar-refractivity contribution in [3.05, 3.63) is 81.9 Å². The van der Waals surface area contributed by atoms with Crippen molar-refractivity contribution >= 4 is 11.6 Å². The van der Waals surface area contributed by atoms with Crippen LogP contribution >= 0.6 is 11.6 Å². The lowest BCUT2D eigenvalue weighted by atomic mass is 9.86. The maximum Gasteiger partial charge on any atom is 0.417 e. The third-order valence-electron chi connectivity index (χ3n) is 4.88. The number of rotatable bonds is 2. The van der Waals surface area contributed by atoms with Gasteiger partial charge in [-0.25, -0.2) is 0 Å². The Kier molecular flexibility index (Phi) is 6.60. The van der Waals surface area contributed by atoms with Gasteiger partial charge < -0.3 is 0 Å². The molecule has 3 aromatic rings. The molecular weight excluding hydrogens is 528 g/mol. The lowest BCUT2D eigenvalue weighted by Crippen LogP contribution is -2.19. The number of hydrogen-bond acceptors (Lipinski definition) is 0. The van der Waals surface area contributed by atoms with Crippen molar-refractivity contribution in [2.45, 2.75) is 24.7 Å². The van der Waals surface area contributed by atoms with E-state index in [-0.39, 0.29) is 12.1 Å². The molecule has 3 aromatic carbocycles. The molecule has 0 fully saturated rings. The van der Waals surface area contributed by atoms with E-state index in [0.717, 1.165) is 18.2 Å². The molecule has 0 bridgehead atoms. The minimum absolute atomic E-state index is 0.119. The first-order valence-corrected chi connectivity index (χ1v) is 9.57. The van der Waals surface area contributed by atoms with Crippen LogP contribution in [0.1, 0.15) is 22.3 Å². The maximum atomic E-state index is 13.8. The maximum absolute atomic E-state index is 13.8. The van der Waals surface area contributed by atoms with E-state index in [9.17, 15) is 52.7 Å².